The Morgan fingerprint density at radius 3 is 2.82 bits per heavy atom. The zero-order valence-electron chi connectivity index (χ0n) is 7.09. The van der Waals surface area contributed by atoms with Crippen molar-refractivity contribution >= 4 is 11.3 Å². The molecular formula is C9H14OS. The molecule has 0 aromatic carbocycles. The zero-order valence-corrected chi connectivity index (χ0v) is 7.91. The second kappa shape index (κ2) is 4.39. The molecular weight excluding hydrogens is 156 g/mol. The molecule has 0 saturated heterocycles. The summed E-state index contributed by atoms with van der Waals surface area (Å²) in [5.41, 5.74) is 1.36. The summed E-state index contributed by atoms with van der Waals surface area (Å²) in [6.07, 6.45) is 2.33. The summed E-state index contributed by atoms with van der Waals surface area (Å²) in [5, 5.41) is 4.25. The van der Waals surface area contributed by atoms with Gasteiger partial charge < -0.3 is 4.74 Å². The van der Waals surface area contributed by atoms with E-state index in [1.54, 1.807) is 11.3 Å². The summed E-state index contributed by atoms with van der Waals surface area (Å²) in [4.78, 5) is 0. The van der Waals surface area contributed by atoms with Crippen LogP contribution in [0, 0.1) is 0 Å². The van der Waals surface area contributed by atoms with Gasteiger partial charge in [0.05, 0.1) is 6.61 Å². The van der Waals surface area contributed by atoms with Crippen molar-refractivity contribution in [2.24, 2.45) is 0 Å². The van der Waals surface area contributed by atoms with Gasteiger partial charge in [0.2, 0.25) is 0 Å². The summed E-state index contributed by atoms with van der Waals surface area (Å²) in [5.74, 6) is 1.08. The van der Waals surface area contributed by atoms with Crippen LogP contribution < -0.4 is 4.74 Å². The van der Waals surface area contributed by atoms with Crippen molar-refractivity contribution in [3.63, 3.8) is 0 Å². The van der Waals surface area contributed by atoms with Gasteiger partial charge in [-0.15, -0.1) is 11.3 Å². The Kier molecular flexibility index (Phi) is 3.43. The van der Waals surface area contributed by atoms with Crippen LogP contribution in [-0.4, -0.2) is 6.61 Å². The number of ether oxygens (including phenoxy) is 1. The lowest BCUT2D eigenvalue weighted by Gasteiger charge is -2.02. The smallest absolute Gasteiger partial charge is 0.133 e. The molecule has 0 atom stereocenters. The molecule has 0 aliphatic heterocycles. The molecule has 62 valence electrons. The van der Waals surface area contributed by atoms with E-state index in [1.165, 1.54) is 12.0 Å². The fraction of sp³-hybridized carbons (Fsp3) is 0.556. The molecule has 0 unspecified atom stereocenters. The molecule has 0 saturated carbocycles. The van der Waals surface area contributed by atoms with E-state index in [4.69, 9.17) is 4.74 Å². The predicted molar refractivity (Wildman–Crippen MR) is 49.5 cm³/mol. The maximum absolute atomic E-state index is 5.44. The van der Waals surface area contributed by atoms with E-state index >= 15 is 0 Å². The van der Waals surface area contributed by atoms with E-state index in [1.807, 2.05) is 6.92 Å². The van der Waals surface area contributed by atoms with Crippen LogP contribution in [0.1, 0.15) is 25.8 Å². The van der Waals surface area contributed by atoms with Crippen LogP contribution in [0.3, 0.4) is 0 Å². The standard InChI is InChI=1S/C9H14OS/c1-3-5-8-6-11-7-9(8)10-4-2/h6-7H,3-5H2,1-2H3. The third-order valence-electron chi connectivity index (χ3n) is 1.52. The average Bonchev–Trinajstić information content (AvgIpc) is 2.39. The Bertz CT molecular complexity index is 185. The summed E-state index contributed by atoms with van der Waals surface area (Å²) in [6, 6.07) is 0. The van der Waals surface area contributed by atoms with Crippen LogP contribution in [-0.2, 0) is 6.42 Å². The minimum atomic E-state index is 0.771. The first-order valence-electron chi connectivity index (χ1n) is 4.06. The number of aryl methyl sites for hydroxylation is 1. The van der Waals surface area contributed by atoms with Gasteiger partial charge in [0, 0.05) is 10.9 Å². The van der Waals surface area contributed by atoms with E-state index < -0.39 is 0 Å². The Morgan fingerprint density at radius 2 is 2.18 bits per heavy atom. The summed E-state index contributed by atoms with van der Waals surface area (Å²) in [7, 11) is 0. The number of hydrogen-bond donors (Lipinski definition) is 0. The second-order valence-electron chi connectivity index (χ2n) is 2.44. The normalized spacial score (nSPS) is 10.0. The summed E-state index contributed by atoms with van der Waals surface area (Å²) >= 11 is 1.72. The first kappa shape index (κ1) is 8.60. The first-order chi connectivity index (χ1) is 5.38. The van der Waals surface area contributed by atoms with Crippen LogP contribution in [0.5, 0.6) is 5.75 Å². The monoisotopic (exact) mass is 170 g/mol. The van der Waals surface area contributed by atoms with Crippen LogP contribution in [0.25, 0.3) is 0 Å². The molecule has 0 amide bonds. The van der Waals surface area contributed by atoms with Crippen LogP contribution in [0.2, 0.25) is 0 Å². The molecule has 0 aliphatic rings. The highest BCUT2D eigenvalue weighted by molar-refractivity contribution is 7.08. The quantitative estimate of drug-likeness (QED) is 0.674. The molecule has 11 heavy (non-hydrogen) atoms. The molecule has 0 radical (unpaired) electrons. The molecule has 1 aromatic heterocycles. The van der Waals surface area contributed by atoms with Gasteiger partial charge >= 0.3 is 0 Å². The van der Waals surface area contributed by atoms with Gasteiger partial charge in [0.15, 0.2) is 0 Å². The van der Waals surface area contributed by atoms with Crippen LogP contribution in [0.15, 0.2) is 10.8 Å². The molecule has 1 aromatic rings. The zero-order chi connectivity index (χ0) is 8.10. The van der Waals surface area contributed by atoms with Gasteiger partial charge in [-0.1, -0.05) is 13.3 Å². The van der Waals surface area contributed by atoms with Gasteiger partial charge in [0.25, 0.3) is 0 Å². The highest BCUT2D eigenvalue weighted by Crippen LogP contribution is 2.24. The second-order valence-corrected chi connectivity index (χ2v) is 3.19. The fourth-order valence-electron chi connectivity index (χ4n) is 1.05. The van der Waals surface area contributed by atoms with Gasteiger partial charge in [-0.2, -0.15) is 0 Å². The third kappa shape index (κ3) is 2.22. The number of hydrogen-bond acceptors (Lipinski definition) is 2. The van der Waals surface area contributed by atoms with Crippen molar-refractivity contribution in [2.75, 3.05) is 6.61 Å². The SMILES string of the molecule is CCCc1cscc1OCC. The molecule has 1 nitrogen and oxygen atoms in total. The van der Waals surface area contributed by atoms with Gasteiger partial charge in [-0.3, -0.25) is 0 Å². The Morgan fingerprint density at radius 1 is 1.36 bits per heavy atom. The van der Waals surface area contributed by atoms with Gasteiger partial charge in [0.1, 0.15) is 5.75 Å². The topological polar surface area (TPSA) is 9.23 Å². The first-order valence-corrected chi connectivity index (χ1v) is 5.00. The van der Waals surface area contributed by atoms with E-state index in [2.05, 4.69) is 17.7 Å². The van der Waals surface area contributed by atoms with Crippen molar-refractivity contribution in [3.05, 3.63) is 16.3 Å². The number of thiophene rings is 1. The minimum absolute atomic E-state index is 0.771. The van der Waals surface area contributed by atoms with Crippen LogP contribution >= 0.6 is 11.3 Å². The molecule has 0 N–H and O–H groups in total. The maximum Gasteiger partial charge on any atom is 0.133 e. The Labute approximate surface area is 72.0 Å². The highest BCUT2D eigenvalue weighted by atomic mass is 32.1. The lowest BCUT2D eigenvalue weighted by Crippen LogP contribution is -1.92. The van der Waals surface area contributed by atoms with E-state index in [-0.39, 0.29) is 0 Å². The van der Waals surface area contributed by atoms with Crippen molar-refractivity contribution in [2.45, 2.75) is 26.7 Å². The molecule has 1 rings (SSSR count). The molecule has 2 heteroatoms. The van der Waals surface area contributed by atoms with Crippen molar-refractivity contribution in [1.29, 1.82) is 0 Å². The van der Waals surface area contributed by atoms with Crippen molar-refractivity contribution < 1.29 is 4.74 Å². The molecule has 0 spiro atoms. The van der Waals surface area contributed by atoms with Crippen molar-refractivity contribution in [1.82, 2.24) is 0 Å². The van der Waals surface area contributed by atoms with E-state index in [0.29, 0.717) is 0 Å². The number of rotatable bonds is 4. The lowest BCUT2D eigenvalue weighted by atomic mass is 10.2. The summed E-state index contributed by atoms with van der Waals surface area (Å²) < 4.78 is 5.44. The fourth-order valence-corrected chi connectivity index (χ4v) is 1.85. The maximum atomic E-state index is 5.44. The Balaban J connectivity index is 2.62. The average molecular weight is 170 g/mol. The molecule has 1 heterocycles. The lowest BCUT2D eigenvalue weighted by molar-refractivity contribution is 0.338. The molecule has 0 fully saturated rings. The largest absolute Gasteiger partial charge is 0.493 e. The van der Waals surface area contributed by atoms with E-state index in [0.717, 1.165) is 18.8 Å². The highest BCUT2D eigenvalue weighted by Gasteiger charge is 2.01. The van der Waals surface area contributed by atoms with E-state index in [9.17, 15) is 0 Å². The summed E-state index contributed by atoms with van der Waals surface area (Å²) in [6.45, 7) is 4.98. The molecule has 0 bridgehead atoms. The Hall–Kier alpha value is -0.500. The van der Waals surface area contributed by atoms with Gasteiger partial charge in [-0.05, 0) is 18.7 Å². The van der Waals surface area contributed by atoms with Crippen molar-refractivity contribution in [3.8, 4) is 5.75 Å². The predicted octanol–water partition coefficient (Wildman–Crippen LogP) is 3.10. The van der Waals surface area contributed by atoms with Crippen LogP contribution in [0.4, 0.5) is 0 Å². The molecule has 0 aliphatic carbocycles. The third-order valence-corrected chi connectivity index (χ3v) is 2.29. The van der Waals surface area contributed by atoms with Gasteiger partial charge in [-0.25, -0.2) is 0 Å². The minimum Gasteiger partial charge on any atom is -0.493 e.